The van der Waals surface area contributed by atoms with Crippen LogP contribution in [-0.4, -0.2) is 68.8 Å². The zero-order chi connectivity index (χ0) is 46.9. The molecule has 1 spiro atoms. The molecule has 5 aromatic rings. The van der Waals surface area contributed by atoms with Gasteiger partial charge in [0.15, 0.2) is 0 Å². The first-order chi connectivity index (χ1) is 32.4. The third-order valence-corrected chi connectivity index (χ3v) is 13.4. The average Bonchev–Trinajstić information content (AvgIpc) is 3.68. The van der Waals surface area contributed by atoms with Crippen LogP contribution in [0.15, 0.2) is 127 Å². The number of ether oxygens (including phenoxy) is 3. The van der Waals surface area contributed by atoms with Crippen LogP contribution in [0.25, 0.3) is 0 Å². The standard InChI is InChI=1S/C52H48N4O11/c53-47(58)42-44-48(59)67-45(36-13-7-4-8-14-36)43(35-11-5-3-6-12-35)55(44)46(37-18-22-39(23-19-37)65-30-29-57)52(42)40-31-33(25-28-51(62)26-9-1-2-10-27-51)17-24-41(40)54(49(52)60)50(61)66-32-34-15-20-38(21-16-34)56(63)64/h3-8,11-24,31,42-46,57,62H,1-2,9-10,26-27,29-30,32H2,(H2,53,58). The van der Waals surface area contributed by atoms with Crippen LogP contribution in [0.5, 0.6) is 5.75 Å². The van der Waals surface area contributed by atoms with E-state index in [1.165, 1.54) is 30.3 Å². The van der Waals surface area contributed by atoms with Gasteiger partial charge in [-0.15, -0.1) is 0 Å². The number of benzene rings is 5. The molecule has 4 aliphatic rings. The number of nitro benzene ring substituents is 1. The molecule has 1 saturated carbocycles. The number of aliphatic hydroxyl groups is 2. The number of hydrogen-bond acceptors (Lipinski definition) is 12. The highest BCUT2D eigenvalue weighted by molar-refractivity contribution is 6.23. The zero-order valence-corrected chi connectivity index (χ0v) is 36.4. The topological polar surface area (TPSA) is 212 Å². The number of esters is 1. The van der Waals surface area contributed by atoms with Crippen molar-refractivity contribution in [2.45, 2.75) is 80.4 Å². The highest BCUT2D eigenvalue weighted by Crippen LogP contribution is 2.66. The number of nitrogens with two attached hydrogens (primary N) is 1. The first kappa shape index (κ1) is 44.8. The molecule has 15 nitrogen and oxygen atoms in total. The lowest BCUT2D eigenvalue weighted by atomic mass is 9.65. The Balaban J connectivity index is 1.28. The number of carbonyl (C=O) groups excluding carboxylic acids is 4. The van der Waals surface area contributed by atoms with E-state index in [0.717, 1.165) is 30.6 Å². The summed E-state index contributed by atoms with van der Waals surface area (Å²) in [5, 5.41) is 32.5. The van der Waals surface area contributed by atoms with Crippen molar-refractivity contribution in [3.8, 4) is 17.6 Å². The highest BCUT2D eigenvalue weighted by atomic mass is 16.6. The highest BCUT2D eigenvalue weighted by Gasteiger charge is 2.75. The number of nitrogens with zero attached hydrogens (tertiary/aromatic N) is 3. The fraction of sp³-hybridized carbons (Fsp3) is 0.308. The molecule has 0 aromatic heterocycles. The van der Waals surface area contributed by atoms with E-state index < -0.39 is 70.0 Å². The fourth-order valence-electron chi connectivity index (χ4n) is 10.5. The molecule has 4 N–H and O–H groups in total. The molecule has 3 aliphatic heterocycles. The molecule has 3 heterocycles. The monoisotopic (exact) mass is 904 g/mol. The number of imide groups is 1. The summed E-state index contributed by atoms with van der Waals surface area (Å²) < 4.78 is 17.9. The Labute approximate surface area is 386 Å². The van der Waals surface area contributed by atoms with Crippen molar-refractivity contribution in [1.82, 2.24) is 4.90 Å². The van der Waals surface area contributed by atoms with Gasteiger partial charge in [-0.3, -0.25) is 29.4 Å². The van der Waals surface area contributed by atoms with Crippen molar-refractivity contribution >= 4 is 35.3 Å². The number of cyclic esters (lactones) is 1. The average molecular weight is 905 g/mol. The van der Waals surface area contributed by atoms with E-state index in [2.05, 4.69) is 11.8 Å². The first-order valence-electron chi connectivity index (χ1n) is 22.3. The normalized spacial score (nSPS) is 24.1. The predicted octanol–water partition coefficient (Wildman–Crippen LogP) is 6.89. The van der Waals surface area contributed by atoms with Gasteiger partial charge < -0.3 is 30.2 Å². The van der Waals surface area contributed by atoms with E-state index in [0.29, 0.717) is 46.4 Å². The Morgan fingerprint density at radius 3 is 2.12 bits per heavy atom. The molecule has 6 unspecified atom stereocenters. The number of aliphatic hydroxyl groups excluding tert-OH is 1. The zero-order valence-electron chi connectivity index (χ0n) is 36.4. The van der Waals surface area contributed by atoms with Crippen LogP contribution in [0.4, 0.5) is 16.2 Å². The van der Waals surface area contributed by atoms with E-state index >= 15 is 4.79 Å². The molecule has 3 amide bonds. The molecular weight excluding hydrogens is 857 g/mol. The molecular formula is C52H48N4O11. The summed E-state index contributed by atoms with van der Waals surface area (Å²) in [4.78, 5) is 73.8. The minimum Gasteiger partial charge on any atom is -0.491 e. The second-order valence-corrected chi connectivity index (χ2v) is 17.4. The van der Waals surface area contributed by atoms with Crippen LogP contribution >= 0.6 is 0 Å². The Kier molecular flexibility index (Phi) is 12.4. The molecule has 1 aliphatic carbocycles. The number of primary amides is 1. The Morgan fingerprint density at radius 2 is 1.49 bits per heavy atom. The number of anilines is 1. The first-order valence-corrected chi connectivity index (χ1v) is 22.3. The summed E-state index contributed by atoms with van der Waals surface area (Å²) in [5.41, 5.74) is 5.72. The van der Waals surface area contributed by atoms with Gasteiger partial charge in [0.2, 0.25) is 11.8 Å². The number of hydrogen-bond donors (Lipinski definition) is 3. The Bertz CT molecular complexity index is 2750. The van der Waals surface area contributed by atoms with Gasteiger partial charge in [-0.05, 0) is 96.0 Å². The molecule has 15 heteroatoms. The van der Waals surface area contributed by atoms with Crippen LogP contribution < -0.4 is 15.4 Å². The molecule has 6 atom stereocenters. The van der Waals surface area contributed by atoms with E-state index in [1.54, 1.807) is 36.4 Å². The summed E-state index contributed by atoms with van der Waals surface area (Å²) in [6.07, 6.45) is 2.44. The summed E-state index contributed by atoms with van der Waals surface area (Å²) >= 11 is 0. The number of rotatable bonds is 10. The summed E-state index contributed by atoms with van der Waals surface area (Å²) in [5.74, 6) is 2.26. The van der Waals surface area contributed by atoms with Crippen molar-refractivity contribution in [3.63, 3.8) is 0 Å². The van der Waals surface area contributed by atoms with Gasteiger partial charge in [0.1, 0.15) is 42.1 Å². The van der Waals surface area contributed by atoms with Crippen molar-refractivity contribution < 1.29 is 48.5 Å². The van der Waals surface area contributed by atoms with Crippen molar-refractivity contribution in [2.24, 2.45) is 11.7 Å². The van der Waals surface area contributed by atoms with Crippen LogP contribution in [0.1, 0.15) is 90.1 Å². The molecule has 3 fully saturated rings. The molecule has 9 rings (SSSR count). The minimum absolute atomic E-state index is 0.00703. The molecule has 67 heavy (non-hydrogen) atoms. The lowest BCUT2D eigenvalue weighted by molar-refractivity contribution is -0.384. The molecule has 2 saturated heterocycles. The van der Waals surface area contributed by atoms with Gasteiger partial charge in [0, 0.05) is 17.7 Å². The molecule has 342 valence electrons. The lowest BCUT2D eigenvalue weighted by Crippen LogP contribution is -2.55. The molecule has 0 radical (unpaired) electrons. The van der Waals surface area contributed by atoms with E-state index in [4.69, 9.17) is 19.9 Å². The second-order valence-electron chi connectivity index (χ2n) is 17.4. The Morgan fingerprint density at radius 1 is 0.836 bits per heavy atom. The van der Waals surface area contributed by atoms with Gasteiger partial charge >= 0.3 is 12.1 Å². The van der Waals surface area contributed by atoms with Crippen molar-refractivity contribution in [2.75, 3.05) is 18.1 Å². The number of nitro groups is 1. The van der Waals surface area contributed by atoms with Crippen LogP contribution in [0.3, 0.4) is 0 Å². The van der Waals surface area contributed by atoms with Crippen molar-refractivity contribution in [3.05, 3.63) is 171 Å². The summed E-state index contributed by atoms with van der Waals surface area (Å²) in [7, 11) is 0. The maximum absolute atomic E-state index is 16.2. The predicted molar refractivity (Wildman–Crippen MR) is 243 cm³/mol. The molecule has 0 bridgehead atoms. The maximum Gasteiger partial charge on any atom is 0.421 e. The molecule has 5 aromatic carbocycles. The lowest BCUT2D eigenvalue weighted by Gasteiger charge is -2.46. The minimum atomic E-state index is -2.14. The second kappa shape index (κ2) is 18.5. The smallest absolute Gasteiger partial charge is 0.421 e. The number of amides is 3. The fourth-order valence-corrected chi connectivity index (χ4v) is 10.5. The summed E-state index contributed by atoms with van der Waals surface area (Å²) in [6, 6.07) is 31.8. The summed E-state index contributed by atoms with van der Waals surface area (Å²) in [6.45, 7) is -0.610. The largest absolute Gasteiger partial charge is 0.491 e. The van der Waals surface area contributed by atoms with Gasteiger partial charge in [0.25, 0.3) is 5.69 Å². The third kappa shape index (κ3) is 8.17. The van der Waals surface area contributed by atoms with E-state index in [-0.39, 0.29) is 36.8 Å². The van der Waals surface area contributed by atoms with Gasteiger partial charge in [-0.1, -0.05) is 97.5 Å². The third-order valence-electron chi connectivity index (χ3n) is 13.4. The SMILES string of the molecule is NC(=O)C1C2C(=O)OC(c3ccccc3)C(c3ccccc3)N2C(c2ccc(OCCO)cc2)C12C(=O)N(C(=O)OCc1ccc([N+](=O)[O-])cc1)c1ccc(C#CC3(O)CCCCCC3)cc12. The van der Waals surface area contributed by atoms with E-state index in [1.807, 2.05) is 65.6 Å². The van der Waals surface area contributed by atoms with E-state index in [9.17, 15) is 34.7 Å². The number of carbonyl (C=O) groups is 4. The van der Waals surface area contributed by atoms with Gasteiger partial charge in [-0.25, -0.2) is 9.69 Å². The van der Waals surface area contributed by atoms with Crippen molar-refractivity contribution in [1.29, 1.82) is 0 Å². The number of morpholine rings is 1. The maximum atomic E-state index is 16.2. The Hall–Kier alpha value is -7.38. The van der Waals surface area contributed by atoms with Gasteiger partial charge in [-0.2, -0.15) is 0 Å². The van der Waals surface area contributed by atoms with Crippen LogP contribution in [0.2, 0.25) is 0 Å². The number of non-ortho nitro benzene ring substituents is 1. The quantitative estimate of drug-likeness (QED) is 0.0430. The van der Waals surface area contributed by atoms with Crippen LogP contribution in [-0.2, 0) is 35.9 Å². The van der Waals surface area contributed by atoms with Crippen LogP contribution in [0, 0.1) is 27.9 Å². The van der Waals surface area contributed by atoms with Gasteiger partial charge in [0.05, 0.1) is 35.2 Å². The number of fused-ring (bicyclic) bond motifs is 3.